The molecule has 0 radical (unpaired) electrons. The fourth-order valence-corrected chi connectivity index (χ4v) is 1.31. The van der Waals surface area contributed by atoms with Crippen molar-refractivity contribution in [3.63, 3.8) is 0 Å². The summed E-state index contributed by atoms with van der Waals surface area (Å²) in [5.74, 6) is 0. The zero-order chi connectivity index (χ0) is 14.7. The van der Waals surface area contributed by atoms with Crippen LogP contribution in [0, 0.1) is 0 Å². The second-order valence-corrected chi connectivity index (χ2v) is 4.95. The van der Waals surface area contributed by atoms with Crippen LogP contribution in [0.15, 0.2) is 42.6 Å². The molecule has 0 saturated heterocycles. The lowest BCUT2D eigenvalue weighted by Gasteiger charge is -2.08. The van der Waals surface area contributed by atoms with E-state index in [0.29, 0.717) is 0 Å². The van der Waals surface area contributed by atoms with Gasteiger partial charge < -0.3 is 4.55 Å². The molecule has 0 aliphatic heterocycles. The Bertz CT molecular complexity index is 663. The van der Waals surface area contributed by atoms with Crippen molar-refractivity contribution >= 4 is 21.0 Å². The SMILES string of the molecule is C[n+]1cccc2ccccc21.O=S(=O)([O-])C(F)(F)F. The minimum absolute atomic E-state index is 1.27. The summed E-state index contributed by atoms with van der Waals surface area (Å²) in [4.78, 5) is 0. The number of halogens is 3. The van der Waals surface area contributed by atoms with Crippen LogP contribution in [0.5, 0.6) is 0 Å². The van der Waals surface area contributed by atoms with Crippen molar-refractivity contribution in [2.75, 3.05) is 0 Å². The van der Waals surface area contributed by atoms with Gasteiger partial charge in [0.05, 0.1) is 0 Å². The molecule has 0 amide bonds. The largest absolute Gasteiger partial charge is 0.741 e. The Kier molecular flexibility index (Phi) is 4.48. The quantitative estimate of drug-likeness (QED) is 0.422. The summed E-state index contributed by atoms with van der Waals surface area (Å²) in [7, 11) is -4.03. The van der Waals surface area contributed by atoms with Gasteiger partial charge in [0.25, 0.3) is 0 Å². The first-order chi connectivity index (χ1) is 8.63. The average Bonchev–Trinajstić information content (AvgIpc) is 2.28. The summed E-state index contributed by atoms with van der Waals surface area (Å²) < 4.78 is 61.0. The molecule has 0 aliphatic carbocycles. The molecule has 1 aromatic heterocycles. The van der Waals surface area contributed by atoms with Crippen molar-refractivity contribution in [2.45, 2.75) is 5.51 Å². The zero-order valence-electron chi connectivity index (χ0n) is 9.76. The number of nitrogens with zero attached hydrogens (tertiary/aromatic N) is 1. The molecule has 0 bridgehead atoms. The maximum absolute atomic E-state index is 10.7. The highest BCUT2D eigenvalue weighted by Crippen LogP contribution is 2.20. The lowest BCUT2D eigenvalue weighted by Crippen LogP contribution is -2.27. The van der Waals surface area contributed by atoms with Crippen molar-refractivity contribution < 1.29 is 30.7 Å². The summed E-state index contributed by atoms with van der Waals surface area (Å²) in [6.07, 6.45) is 2.06. The van der Waals surface area contributed by atoms with E-state index < -0.39 is 15.6 Å². The predicted molar refractivity (Wildman–Crippen MR) is 60.9 cm³/mol. The first-order valence-corrected chi connectivity index (χ1v) is 6.39. The highest BCUT2D eigenvalue weighted by Gasteiger charge is 2.36. The van der Waals surface area contributed by atoms with Crippen LogP contribution in [0.25, 0.3) is 10.9 Å². The van der Waals surface area contributed by atoms with Crippen LogP contribution >= 0.6 is 0 Å². The molecule has 0 aliphatic rings. The number of benzene rings is 1. The minimum atomic E-state index is -6.09. The van der Waals surface area contributed by atoms with Crippen LogP contribution in [0.3, 0.4) is 0 Å². The predicted octanol–water partition coefficient (Wildman–Crippen LogP) is 1.72. The normalized spacial score (nSPS) is 11.8. The molecule has 0 atom stereocenters. The third-order valence-electron chi connectivity index (χ3n) is 2.19. The molecule has 2 rings (SSSR count). The summed E-state index contributed by atoms with van der Waals surface area (Å²) in [5, 5.41) is 1.29. The van der Waals surface area contributed by atoms with Crippen LogP contribution in [0.1, 0.15) is 0 Å². The van der Waals surface area contributed by atoms with Gasteiger partial charge in [0.2, 0.25) is 5.52 Å². The van der Waals surface area contributed by atoms with Gasteiger partial charge in [0, 0.05) is 17.5 Å². The molecule has 0 spiro atoms. The van der Waals surface area contributed by atoms with Crippen molar-refractivity contribution in [1.29, 1.82) is 0 Å². The summed E-state index contributed by atoms with van der Waals surface area (Å²) in [6.45, 7) is 0. The lowest BCUT2D eigenvalue weighted by molar-refractivity contribution is -0.644. The fraction of sp³-hybridized carbons (Fsp3) is 0.182. The molecular formula is C11H10F3NO3S. The van der Waals surface area contributed by atoms with Gasteiger partial charge in [-0.3, -0.25) is 0 Å². The van der Waals surface area contributed by atoms with E-state index in [-0.39, 0.29) is 0 Å². The number of fused-ring (bicyclic) bond motifs is 1. The van der Waals surface area contributed by atoms with Crippen LogP contribution in [-0.4, -0.2) is 18.5 Å². The zero-order valence-corrected chi connectivity index (χ0v) is 10.6. The third-order valence-corrected chi connectivity index (χ3v) is 2.75. The van der Waals surface area contributed by atoms with Crippen LogP contribution < -0.4 is 4.57 Å². The van der Waals surface area contributed by atoms with E-state index in [2.05, 4.69) is 54.2 Å². The average molecular weight is 293 g/mol. The number of aromatic nitrogens is 1. The maximum Gasteiger partial charge on any atom is 0.485 e. The van der Waals surface area contributed by atoms with E-state index in [0.717, 1.165) is 0 Å². The molecule has 0 N–H and O–H groups in total. The van der Waals surface area contributed by atoms with Gasteiger partial charge in [-0.15, -0.1) is 0 Å². The summed E-state index contributed by atoms with van der Waals surface area (Å²) in [5.41, 5.74) is -4.37. The molecule has 4 nitrogen and oxygen atoms in total. The first-order valence-electron chi connectivity index (χ1n) is 4.98. The topological polar surface area (TPSA) is 61.1 Å². The molecular weight excluding hydrogens is 283 g/mol. The Morgan fingerprint density at radius 1 is 1.11 bits per heavy atom. The van der Waals surface area contributed by atoms with E-state index in [1.807, 2.05) is 0 Å². The second-order valence-electron chi connectivity index (χ2n) is 3.58. The van der Waals surface area contributed by atoms with E-state index in [1.165, 1.54) is 10.9 Å². The fourth-order valence-electron chi connectivity index (χ4n) is 1.31. The van der Waals surface area contributed by atoms with E-state index in [1.54, 1.807) is 0 Å². The standard InChI is InChI=1S/C10H10N.CHF3O3S/c1-11-8-4-6-9-5-2-3-7-10(9)11;2-1(3,4)8(5,6)7/h2-8H,1H3;(H,5,6,7)/q+1;/p-1. The first kappa shape index (κ1) is 15.4. The van der Waals surface area contributed by atoms with E-state index in [4.69, 9.17) is 13.0 Å². The molecule has 1 aromatic carbocycles. The maximum atomic E-state index is 10.7. The highest BCUT2D eigenvalue weighted by molar-refractivity contribution is 7.86. The summed E-state index contributed by atoms with van der Waals surface area (Å²) in [6, 6.07) is 12.5. The minimum Gasteiger partial charge on any atom is -0.741 e. The highest BCUT2D eigenvalue weighted by atomic mass is 32.2. The molecule has 104 valence electrons. The molecule has 0 fully saturated rings. The summed E-state index contributed by atoms with van der Waals surface area (Å²) >= 11 is 0. The number of rotatable bonds is 0. The van der Waals surface area contributed by atoms with E-state index in [9.17, 15) is 13.2 Å². The monoisotopic (exact) mass is 293 g/mol. The van der Waals surface area contributed by atoms with Gasteiger partial charge >= 0.3 is 5.51 Å². The Morgan fingerprint density at radius 2 is 1.58 bits per heavy atom. The smallest absolute Gasteiger partial charge is 0.485 e. The Labute approximate surface area is 107 Å². The van der Waals surface area contributed by atoms with E-state index >= 15 is 0 Å². The Hall–Kier alpha value is -1.67. The van der Waals surface area contributed by atoms with Crippen LogP contribution in [0.4, 0.5) is 13.2 Å². The molecule has 0 saturated carbocycles. The molecule has 0 unspecified atom stereocenters. The number of alkyl halides is 3. The number of hydrogen-bond donors (Lipinski definition) is 0. The number of aryl methyl sites for hydroxylation is 1. The second kappa shape index (κ2) is 5.54. The molecule has 1 heterocycles. The van der Waals surface area contributed by atoms with Gasteiger partial charge in [-0.25, -0.2) is 13.0 Å². The van der Waals surface area contributed by atoms with Crippen LogP contribution in [0.2, 0.25) is 0 Å². The van der Waals surface area contributed by atoms with Crippen molar-refractivity contribution in [2.24, 2.45) is 7.05 Å². The van der Waals surface area contributed by atoms with Crippen LogP contribution in [-0.2, 0) is 17.2 Å². The van der Waals surface area contributed by atoms with Crippen molar-refractivity contribution in [3.05, 3.63) is 42.6 Å². The third kappa shape index (κ3) is 4.18. The number of para-hydroxylation sites is 1. The number of pyridine rings is 1. The van der Waals surface area contributed by atoms with Gasteiger partial charge in [-0.2, -0.15) is 13.2 Å². The lowest BCUT2D eigenvalue weighted by atomic mass is 10.2. The molecule has 8 heteroatoms. The molecule has 19 heavy (non-hydrogen) atoms. The molecule has 2 aromatic rings. The number of hydrogen-bond acceptors (Lipinski definition) is 3. The van der Waals surface area contributed by atoms with Gasteiger partial charge in [0.1, 0.15) is 7.05 Å². The van der Waals surface area contributed by atoms with Crippen molar-refractivity contribution in [1.82, 2.24) is 0 Å². The van der Waals surface area contributed by atoms with Gasteiger partial charge in [-0.05, 0) is 12.1 Å². The van der Waals surface area contributed by atoms with Crippen molar-refractivity contribution in [3.8, 4) is 0 Å². The van der Waals surface area contributed by atoms with Gasteiger partial charge in [0.15, 0.2) is 16.3 Å². The van der Waals surface area contributed by atoms with Gasteiger partial charge in [-0.1, -0.05) is 12.1 Å². The Balaban J connectivity index is 0.000000203. The Morgan fingerprint density at radius 3 is 2.05 bits per heavy atom.